The quantitative estimate of drug-likeness (QED) is 0.442. The number of nitrogens with zero attached hydrogens (tertiary/aromatic N) is 3. The van der Waals surface area contributed by atoms with Gasteiger partial charge in [0.1, 0.15) is 5.82 Å². The summed E-state index contributed by atoms with van der Waals surface area (Å²) in [6.45, 7) is 5.35. The maximum Gasteiger partial charge on any atom is 0.322 e. The SMILES string of the molecule is CCOCCCN1C(=O)NC(c2cccc(F)c2)C(c2nc(-c3cccc(Cl)c3)no2)=C1C. The van der Waals surface area contributed by atoms with E-state index in [0.29, 0.717) is 59.4 Å². The van der Waals surface area contributed by atoms with E-state index in [-0.39, 0.29) is 11.9 Å². The first-order chi connectivity index (χ1) is 16.0. The number of carbonyl (C=O) groups excluding carboxylic acids is 1. The largest absolute Gasteiger partial charge is 0.382 e. The molecule has 2 amide bonds. The zero-order chi connectivity index (χ0) is 23.4. The van der Waals surface area contributed by atoms with Crippen LogP contribution in [0.15, 0.2) is 58.8 Å². The van der Waals surface area contributed by atoms with Crippen LogP contribution in [0, 0.1) is 5.82 Å². The fourth-order valence-corrected chi connectivity index (χ4v) is 4.00. The molecule has 0 saturated heterocycles. The van der Waals surface area contributed by atoms with Crippen molar-refractivity contribution in [2.45, 2.75) is 26.3 Å². The summed E-state index contributed by atoms with van der Waals surface area (Å²) in [5.74, 6) is 0.208. The predicted molar refractivity (Wildman–Crippen MR) is 123 cm³/mol. The Morgan fingerprint density at radius 3 is 2.82 bits per heavy atom. The van der Waals surface area contributed by atoms with Crippen molar-refractivity contribution in [2.24, 2.45) is 0 Å². The van der Waals surface area contributed by atoms with E-state index in [1.54, 1.807) is 35.2 Å². The summed E-state index contributed by atoms with van der Waals surface area (Å²) in [6.07, 6.45) is 0.661. The number of hydrogen-bond acceptors (Lipinski definition) is 5. The molecule has 1 aliphatic heterocycles. The number of urea groups is 1. The van der Waals surface area contributed by atoms with E-state index in [1.807, 2.05) is 19.9 Å². The number of aromatic nitrogens is 2. The van der Waals surface area contributed by atoms with Crippen molar-refractivity contribution in [1.29, 1.82) is 0 Å². The molecule has 33 heavy (non-hydrogen) atoms. The molecule has 1 aromatic heterocycles. The van der Waals surface area contributed by atoms with Gasteiger partial charge in [-0.05, 0) is 50.1 Å². The summed E-state index contributed by atoms with van der Waals surface area (Å²) in [5.41, 5.74) is 2.55. The molecule has 3 aromatic rings. The molecule has 1 N–H and O–H groups in total. The van der Waals surface area contributed by atoms with Gasteiger partial charge in [-0.1, -0.05) is 41.0 Å². The Morgan fingerprint density at radius 1 is 1.24 bits per heavy atom. The van der Waals surface area contributed by atoms with E-state index in [4.69, 9.17) is 20.9 Å². The third-order valence-electron chi connectivity index (χ3n) is 5.39. The first-order valence-corrected chi connectivity index (χ1v) is 11.1. The van der Waals surface area contributed by atoms with Crippen LogP contribution in [-0.4, -0.2) is 40.8 Å². The molecular weight excluding hydrogens is 447 g/mol. The lowest BCUT2D eigenvalue weighted by Crippen LogP contribution is -2.46. The van der Waals surface area contributed by atoms with E-state index < -0.39 is 11.9 Å². The topological polar surface area (TPSA) is 80.5 Å². The molecule has 0 aliphatic carbocycles. The normalized spacial score (nSPS) is 16.3. The van der Waals surface area contributed by atoms with Crippen molar-refractivity contribution in [3.05, 3.63) is 76.5 Å². The summed E-state index contributed by atoms with van der Waals surface area (Å²) < 4.78 is 25.0. The van der Waals surface area contributed by atoms with Gasteiger partial charge in [0, 0.05) is 36.0 Å². The number of benzene rings is 2. The van der Waals surface area contributed by atoms with Crippen molar-refractivity contribution in [2.75, 3.05) is 19.8 Å². The fourth-order valence-electron chi connectivity index (χ4n) is 3.81. The highest BCUT2D eigenvalue weighted by molar-refractivity contribution is 6.30. The number of halogens is 2. The van der Waals surface area contributed by atoms with Gasteiger partial charge in [0.25, 0.3) is 5.89 Å². The molecule has 7 nitrogen and oxygen atoms in total. The van der Waals surface area contributed by atoms with E-state index >= 15 is 0 Å². The van der Waals surface area contributed by atoms with Gasteiger partial charge in [0.15, 0.2) is 0 Å². The van der Waals surface area contributed by atoms with E-state index in [2.05, 4.69) is 15.5 Å². The van der Waals surface area contributed by atoms with Crippen LogP contribution in [0.3, 0.4) is 0 Å². The minimum Gasteiger partial charge on any atom is -0.382 e. The van der Waals surface area contributed by atoms with Gasteiger partial charge in [-0.25, -0.2) is 9.18 Å². The molecule has 0 saturated carbocycles. The summed E-state index contributed by atoms with van der Waals surface area (Å²) in [6, 6.07) is 12.3. The molecular formula is C24H24ClFN4O3. The second kappa shape index (κ2) is 10.1. The highest BCUT2D eigenvalue weighted by Gasteiger charge is 2.35. The molecule has 0 fully saturated rings. The summed E-state index contributed by atoms with van der Waals surface area (Å²) in [7, 11) is 0. The highest BCUT2D eigenvalue weighted by atomic mass is 35.5. The fraction of sp³-hybridized carbons (Fsp3) is 0.292. The van der Waals surface area contributed by atoms with Crippen LogP contribution >= 0.6 is 11.6 Å². The number of amides is 2. The zero-order valence-corrected chi connectivity index (χ0v) is 19.1. The molecule has 1 unspecified atom stereocenters. The molecule has 2 aromatic carbocycles. The number of nitrogens with one attached hydrogen (secondary N) is 1. The van der Waals surface area contributed by atoms with E-state index in [0.717, 1.165) is 0 Å². The molecule has 172 valence electrons. The number of hydrogen-bond donors (Lipinski definition) is 1. The third-order valence-corrected chi connectivity index (χ3v) is 5.63. The van der Waals surface area contributed by atoms with Crippen molar-refractivity contribution in [3.8, 4) is 11.4 Å². The third kappa shape index (κ3) is 5.07. The molecule has 0 radical (unpaired) electrons. The molecule has 1 aliphatic rings. The van der Waals surface area contributed by atoms with Gasteiger partial charge >= 0.3 is 6.03 Å². The van der Waals surface area contributed by atoms with E-state index in [9.17, 15) is 9.18 Å². The van der Waals surface area contributed by atoms with Crippen molar-refractivity contribution >= 4 is 23.2 Å². The average molecular weight is 471 g/mol. The monoisotopic (exact) mass is 470 g/mol. The molecule has 0 spiro atoms. The van der Waals surface area contributed by atoms with Crippen LogP contribution in [0.1, 0.15) is 37.8 Å². The molecule has 9 heteroatoms. The smallest absolute Gasteiger partial charge is 0.322 e. The summed E-state index contributed by atoms with van der Waals surface area (Å²) >= 11 is 6.10. The van der Waals surface area contributed by atoms with Crippen LogP contribution in [0.25, 0.3) is 17.0 Å². The van der Waals surface area contributed by atoms with Crippen LogP contribution in [0.4, 0.5) is 9.18 Å². The van der Waals surface area contributed by atoms with Crippen LogP contribution in [0.5, 0.6) is 0 Å². The van der Waals surface area contributed by atoms with Crippen molar-refractivity contribution in [1.82, 2.24) is 20.4 Å². The molecule has 4 rings (SSSR count). The van der Waals surface area contributed by atoms with Crippen molar-refractivity contribution < 1.29 is 18.4 Å². The maximum absolute atomic E-state index is 14.0. The Hall–Kier alpha value is -3.23. The standard InChI is InChI=1S/C24H24ClFN4O3/c1-3-32-12-6-11-30-15(2)20(21(27-24(30)31)16-7-5-10-19(26)14-16)23-28-22(29-33-23)17-8-4-9-18(25)13-17/h4-5,7-10,13-14,21H,3,6,11-12H2,1-2H3,(H,27,31). The van der Waals surface area contributed by atoms with Crippen LogP contribution in [0.2, 0.25) is 5.02 Å². The van der Waals surface area contributed by atoms with Gasteiger partial charge in [-0.2, -0.15) is 4.98 Å². The van der Waals surface area contributed by atoms with Crippen molar-refractivity contribution in [3.63, 3.8) is 0 Å². The number of rotatable bonds is 8. The number of ether oxygens (including phenoxy) is 1. The molecule has 1 atom stereocenters. The lowest BCUT2D eigenvalue weighted by atomic mass is 9.94. The van der Waals surface area contributed by atoms with Crippen LogP contribution in [-0.2, 0) is 4.74 Å². The Kier molecular flexibility index (Phi) is 7.05. The second-order valence-corrected chi connectivity index (χ2v) is 8.01. The Bertz CT molecular complexity index is 1180. The zero-order valence-electron chi connectivity index (χ0n) is 18.3. The Balaban J connectivity index is 1.75. The maximum atomic E-state index is 14.0. The highest BCUT2D eigenvalue weighted by Crippen LogP contribution is 2.37. The number of allylic oxidation sites excluding steroid dienone is 1. The number of carbonyl (C=O) groups is 1. The Morgan fingerprint density at radius 2 is 2.06 bits per heavy atom. The molecule has 2 heterocycles. The Labute approximate surface area is 196 Å². The predicted octanol–water partition coefficient (Wildman–Crippen LogP) is 5.45. The summed E-state index contributed by atoms with van der Waals surface area (Å²) in [4.78, 5) is 19.1. The minimum atomic E-state index is -0.649. The van der Waals surface area contributed by atoms with Gasteiger partial charge < -0.3 is 14.6 Å². The van der Waals surface area contributed by atoms with Crippen LogP contribution < -0.4 is 5.32 Å². The van der Waals surface area contributed by atoms with Gasteiger partial charge in [0.05, 0.1) is 11.6 Å². The molecule has 0 bridgehead atoms. The van der Waals surface area contributed by atoms with E-state index in [1.165, 1.54) is 12.1 Å². The van der Waals surface area contributed by atoms with Gasteiger partial charge in [0.2, 0.25) is 5.82 Å². The first kappa shape index (κ1) is 22.9. The summed E-state index contributed by atoms with van der Waals surface area (Å²) in [5, 5.41) is 7.62. The van der Waals surface area contributed by atoms with Gasteiger partial charge in [-0.15, -0.1) is 0 Å². The minimum absolute atomic E-state index is 0.242. The average Bonchev–Trinajstić information content (AvgIpc) is 3.28. The lowest BCUT2D eigenvalue weighted by Gasteiger charge is -2.35. The lowest BCUT2D eigenvalue weighted by molar-refractivity contribution is 0.136. The first-order valence-electron chi connectivity index (χ1n) is 10.7. The second-order valence-electron chi connectivity index (χ2n) is 7.57. The van der Waals surface area contributed by atoms with Gasteiger partial charge in [-0.3, -0.25) is 4.90 Å².